The zero-order chi connectivity index (χ0) is 19.4. The van der Waals surface area contributed by atoms with Crippen molar-refractivity contribution in [3.05, 3.63) is 65.6 Å². The van der Waals surface area contributed by atoms with E-state index in [2.05, 4.69) is 10.6 Å². The monoisotopic (exact) mass is 370 g/mol. The second kappa shape index (κ2) is 7.90. The van der Waals surface area contributed by atoms with Crippen LogP contribution in [0.4, 0.5) is 10.1 Å². The van der Waals surface area contributed by atoms with Crippen LogP contribution in [0.15, 0.2) is 54.2 Å². The number of anilines is 1. The van der Waals surface area contributed by atoms with Gasteiger partial charge in [0, 0.05) is 35.9 Å². The fourth-order valence-corrected chi connectivity index (χ4v) is 2.95. The van der Waals surface area contributed by atoms with Gasteiger partial charge >= 0.3 is 0 Å². The van der Waals surface area contributed by atoms with Gasteiger partial charge in [0.25, 0.3) is 5.91 Å². The van der Waals surface area contributed by atoms with Gasteiger partial charge in [-0.2, -0.15) is 0 Å². The number of ether oxygens (including phenoxy) is 2. The van der Waals surface area contributed by atoms with Crippen molar-refractivity contribution in [2.45, 2.75) is 12.3 Å². The SMILES string of the molecule is COc1ccc(NC(=O)C2=CNC(=O)C[C@H]2c2ccc(F)cc2)cc1OC. The van der Waals surface area contributed by atoms with Crippen LogP contribution in [0.25, 0.3) is 0 Å². The summed E-state index contributed by atoms with van der Waals surface area (Å²) >= 11 is 0. The van der Waals surface area contributed by atoms with E-state index >= 15 is 0 Å². The Morgan fingerprint density at radius 1 is 1.11 bits per heavy atom. The Labute approximate surface area is 156 Å². The number of hydrogen-bond acceptors (Lipinski definition) is 4. The van der Waals surface area contributed by atoms with Gasteiger partial charge in [-0.3, -0.25) is 9.59 Å². The van der Waals surface area contributed by atoms with Gasteiger partial charge < -0.3 is 20.1 Å². The molecule has 2 N–H and O–H groups in total. The lowest BCUT2D eigenvalue weighted by atomic mass is 9.86. The van der Waals surface area contributed by atoms with E-state index in [0.717, 1.165) is 0 Å². The molecule has 1 heterocycles. The summed E-state index contributed by atoms with van der Waals surface area (Å²) in [5, 5.41) is 5.37. The Bertz CT molecular complexity index is 893. The number of methoxy groups -OCH3 is 2. The lowest BCUT2D eigenvalue weighted by Crippen LogP contribution is -2.31. The molecule has 2 aromatic carbocycles. The van der Waals surface area contributed by atoms with Crippen molar-refractivity contribution in [1.29, 1.82) is 0 Å². The third-order valence-electron chi connectivity index (χ3n) is 4.33. The molecule has 0 bridgehead atoms. The van der Waals surface area contributed by atoms with Crippen LogP contribution in [-0.2, 0) is 9.59 Å². The summed E-state index contributed by atoms with van der Waals surface area (Å²) in [6, 6.07) is 10.8. The number of carbonyl (C=O) groups excluding carboxylic acids is 2. The van der Waals surface area contributed by atoms with E-state index < -0.39 is 5.92 Å². The minimum Gasteiger partial charge on any atom is -0.493 e. The van der Waals surface area contributed by atoms with E-state index in [4.69, 9.17) is 9.47 Å². The average molecular weight is 370 g/mol. The molecule has 0 saturated heterocycles. The fourth-order valence-electron chi connectivity index (χ4n) is 2.95. The van der Waals surface area contributed by atoms with E-state index in [1.165, 1.54) is 32.6 Å². The third kappa shape index (κ3) is 4.08. The Morgan fingerprint density at radius 2 is 1.81 bits per heavy atom. The van der Waals surface area contributed by atoms with Crippen molar-refractivity contribution in [3.8, 4) is 11.5 Å². The number of amides is 2. The van der Waals surface area contributed by atoms with Crippen LogP contribution in [0.1, 0.15) is 17.9 Å². The smallest absolute Gasteiger partial charge is 0.253 e. The van der Waals surface area contributed by atoms with Gasteiger partial charge in [0.15, 0.2) is 11.5 Å². The van der Waals surface area contributed by atoms with Crippen LogP contribution in [0.3, 0.4) is 0 Å². The highest BCUT2D eigenvalue weighted by Gasteiger charge is 2.29. The van der Waals surface area contributed by atoms with E-state index in [-0.39, 0.29) is 24.1 Å². The number of benzene rings is 2. The Kier molecular flexibility index (Phi) is 5.40. The van der Waals surface area contributed by atoms with Crippen molar-refractivity contribution in [2.75, 3.05) is 19.5 Å². The van der Waals surface area contributed by atoms with Crippen LogP contribution >= 0.6 is 0 Å². The van der Waals surface area contributed by atoms with Crippen molar-refractivity contribution in [3.63, 3.8) is 0 Å². The molecule has 1 aliphatic heterocycles. The first-order chi connectivity index (χ1) is 13.0. The topological polar surface area (TPSA) is 76.7 Å². The van der Waals surface area contributed by atoms with Crippen molar-refractivity contribution < 1.29 is 23.5 Å². The molecule has 2 aromatic rings. The highest BCUT2D eigenvalue weighted by molar-refractivity contribution is 6.06. The Morgan fingerprint density at radius 3 is 2.48 bits per heavy atom. The molecule has 1 atom stereocenters. The third-order valence-corrected chi connectivity index (χ3v) is 4.33. The molecule has 0 saturated carbocycles. The normalized spacial score (nSPS) is 16.2. The van der Waals surface area contributed by atoms with Gasteiger partial charge in [-0.05, 0) is 29.8 Å². The van der Waals surface area contributed by atoms with Crippen molar-refractivity contribution >= 4 is 17.5 Å². The van der Waals surface area contributed by atoms with Gasteiger partial charge in [-0.25, -0.2) is 4.39 Å². The van der Waals surface area contributed by atoms with Gasteiger partial charge in [0.05, 0.1) is 14.2 Å². The summed E-state index contributed by atoms with van der Waals surface area (Å²) < 4.78 is 23.6. The number of nitrogens with one attached hydrogen (secondary N) is 2. The van der Waals surface area contributed by atoms with Crippen LogP contribution in [0, 0.1) is 5.82 Å². The molecule has 0 spiro atoms. The van der Waals surface area contributed by atoms with E-state index in [0.29, 0.717) is 28.3 Å². The lowest BCUT2D eigenvalue weighted by Gasteiger charge is -2.24. The Balaban J connectivity index is 1.85. The molecule has 6 nitrogen and oxygen atoms in total. The van der Waals surface area contributed by atoms with Crippen LogP contribution < -0.4 is 20.1 Å². The van der Waals surface area contributed by atoms with E-state index in [9.17, 15) is 14.0 Å². The van der Waals surface area contributed by atoms with Crippen LogP contribution in [-0.4, -0.2) is 26.0 Å². The summed E-state index contributed by atoms with van der Waals surface area (Å²) in [5.41, 5.74) is 1.60. The molecule has 0 aromatic heterocycles. The first-order valence-electron chi connectivity index (χ1n) is 8.30. The van der Waals surface area contributed by atoms with Crippen molar-refractivity contribution in [2.24, 2.45) is 0 Å². The van der Waals surface area contributed by atoms with Crippen LogP contribution in [0.5, 0.6) is 11.5 Å². The Hall–Kier alpha value is -3.35. The molecule has 27 heavy (non-hydrogen) atoms. The van der Waals surface area contributed by atoms with E-state index in [1.54, 1.807) is 30.3 Å². The number of hydrogen-bond donors (Lipinski definition) is 2. The summed E-state index contributed by atoms with van der Waals surface area (Å²) in [6.45, 7) is 0. The van der Waals surface area contributed by atoms with Gasteiger partial charge in [-0.1, -0.05) is 12.1 Å². The maximum atomic E-state index is 13.2. The van der Waals surface area contributed by atoms with Gasteiger partial charge in [0.2, 0.25) is 5.91 Å². The molecular formula is C20H19FN2O4. The van der Waals surface area contributed by atoms with Gasteiger partial charge in [-0.15, -0.1) is 0 Å². The second-order valence-electron chi connectivity index (χ2n) is 6.00. The summed E-state index contributed by atoms with van der Waals surface area (Å²) in [7, 11) is 3.03. The van der Waals surface area contributed by atoms with E-state index in [1.807, 2.05) is 0 Å². The molecule has 1 aliphatic rings. The highest BCUT2D eigenvalue weighted by Crippen LogP contribution is 2.33. The summed E-state index contributed by atoms with van der Waals surface area (Å²) in [6.07, 6.45) is 1.51. The quantitative estimate of drug-likeness (QED) is 0.848. The number of halogens is 1. The molecule has 0 aliphatic carbocycles. The molecule has 0 unspecified atom stereocenters. The minimum absolute atomic E-state index is 0.108. The molecule has 0 radical (unpaired) electrons. The predicted molar refractivity (Wildman–Crippen MR) is 98.2 cm³/mol. The first kappa shape index (κ1) is 18.4. The summed E-state index contributed by atoms with van der Waals surface area (Å²) in [4.78, 5) is 24.6. The average Bonchev–Trinajstić information content (AvgIpc) is 2.68. The van der Waals surface area contributed by atoms with Gasteiger partial charge in [0.1, 0.15) is 5.82 Å². The fraction of sp³-hybridized carbons (Fsp3) is 0.200. The maximum Gasteiger partial charge on any atom is 0.253 e. The molecule has 2 amide bonds. The maximum absolute atomic E-state index is 13.2. The highest BCUT2D eigenvalue weighted by atomic mass is 19.1. The second-order valence-corrected chi connectivity index (χ2v) is 6.00. The standard InChI is InChI=1S/C20H19FN2O4/c1-26-17-8-7-14(9-18(17)27-2)23-20(25)16-11-22-19(24)10-15(16)12-3-5-13(21)6-4-12/h3-9,11,15H,10H2,1-2H3,(H,22,24)(H,23,25)/t15-/m0/s1. The molecule has 0 fully saturated rings. The zero-order valence-corrected chi connectivity index (χ0v) is 14.9. The first-order valence-corrected chi connectivity index (χ1v) is 8.30. The van der Waals surface area contributed by atoms with Crippen LogP contribution in [0.2, 0.25) is 0 Å². The largest absolute Gasteiger partial charge is 0.493 e. The summed E-state index contributed by atoms with van der Waals surface area (Å²) in [5.74, 6) is -0.373. The molecular weight excluding hydrogens is 351 g/mol. The zero-order valence-electron chi connectivity index (χ0n) is 14.9. The molecule has 7 heteroatoms. The van der Waals surface area contributed by atoms with Crippen molar-refractivity contribution in [1.82, 2.24) is 5.32 Å². The molecule has 3 rings (SSSR count). The minimum atomic E-state index is -0.459. The number of rotatable bonds is 5. The molecule has 140 valence electrons. The predicted octanol–water partition coefficient (Wildman–Crippen LogP) is 2.97. The lowest BCUT2D eigenvalue weighted by molar-refractivity contribution is -0.121. The number of carbonyl (C=O) groups is 2.